The van der Waals surface area contributed by atoms with Gasteiger partial charge in [0.2, 0.25) is 11.8 Å². The van der Waals surface area contributed by atoms with Crippen molar-refractivity contribution in [2.24, 2.45) is 0 Å². The quantitative estimate of drug-likeness (QED) is 0.668. The minimum atomic E-state index is -0.324. The molecule has 5 heteroatoms. The van der Waals surface area contributed by atoms with Crippen LogP contribution >= 0.6 is 0 Å². The zero-order valence-electron chi connectivity index (χ0n) is 16.5. The van der Waals surface area contributed by atoms with E-state index in [1.807, 2.05) is 68.4 Å². The molecule has 0 spiro atoms. The maximum atomic E-state index is 12.8. The number of ether oxygens (including phenoxy) is 1. The van der Waals surface area contributed by atoms with Gasteiger partial charge in [0, 0.05) is 18.3 Å². The molecule has 1 atom stereocenters. The van der Waals surface area contributed by atoms with Gasteiger partial charge in [-0.15, -0.1) is 0 Å². The Labute approximate surface area is 164 Å². The van der Waals surface area contributed by atoms with Crippen molar-refractivity contribution in [2.75, 3.05) is 17.7 Å². The van der Waals surface area contributed by atoms with Crippen molar-refractivity contribution in [1.82, 2.24) is 0 Å². The SMILES string of the molecule is COc1ccc2cc(C(C)C(=O)Nc3cccc(NC(C)=O)c3C)ccc2c1. The van der Waals surface area contributed by atoms with E-state index in [0.29, 0.717) is 11.4 Å². The Morgan fingerprint density at radius 1 is 0.929 bits per heavy atom. The van der Waals surface area contributed by atoms with E-state index >= 15 is 0 Å². The van der Waals surface area contributed by atoms with Gasteiger partial charge in [0.1, 0.15) is 5.75 Å². The van der Waals surface area contributed by atoms with Crippen LogP contribution < -0.4 is 15.4 Å². The van der Waals surface area contributed by atoms with E-state index in [2.05, 4.69) is 10.6 Å². The number of fused-ring (bicyclic) bond motifs is 1. The van der Waals surface area contributed by atoms with E-state index in [-0.39, 0.29) is 17.7 Å². The summed E-state index contributed by atoms with van der Waals surface area (Å²) in [5, 5.41) is 7.88. The highest BCUT2D eigenvalue weighted by atomic mass is 16.5. The monoisotopic (exact) mass is 376 g/mol. The first-order valence-corrected chi connectivity index (χ1v) is 9.15. The zero-order chi connectivity index (χ0) is 20.3. The molecule has 5 nitrogen and oxygen atoms in total. The second kappa shape index (κ2) is 8.13. The van der Waals surface area contributed by atoms with Gasteiger partial charge in [-0.25, -0.2) is 0 Å². The Kier molecular flexibility index (Phi) is 5.64. The molecule has 28 heavy (non-hydrogen) atoms. The summed E-state index contributed by atoms with van der Waals surface area (Å²) in [4.78, 5) is 24.1. The van der Waals surface area contributed by atoms with E-state index in [0.717, 1.165) is 27.6 Å². The molecule has 0 aliphatic heterocycles. The second-order valence-corrected chi connectivity index (χ2v) is 6.84. The van der Waals surface area contributed by atoms with Gasteiger partial charge in [0.05, 0.1) is 13.0 Å². The predicted octanol–water partition coefficient (Wildman–Crippen LogP) is 4.86. The molecule has 3 aromatic carbocycles. The topological polar surface area (TPSA) is 67.4 Å². The predicted molar refractivity (Wildman–Crippen MR) is 113 cm³/mol. The fraction of sp³-hybridized carbons (Fsp3) is 0.217. The van der Waals surface area contributed by atoms with Crippen LogP contribution in [0.5, 0.6) is 5.75 Å². The Balaban J connectivity index is 1.81. The van der Waals surface area contributed by atoms with Crippen LogP contribution in [0.4, 0.5) is 11.4 Å². The van der Waals surface area contributed by atoms with Crippen molar-refractivity contribution in [1.29, 1.82) is 0 Å². The standard InChI is InChI=1S/C23H24N2O3/c1-14(17-8-9-19-13-20(28-4)11-10-18(19)12-17)23(27)25-22-7-5-6-21(15(22)2)24-16(3)26/h5-14H,1-4H3,(H,24,26)(H,25,27). The highest BCUT2D eigenvalue weighted by molar-refractivity contribution is 5.98. The van der Waals surface area contributed by atoms with Crippen LogP contribution in [-0.2, 0) is 9.59 Å². The maximum absolute atomic E-state index is 12.8. The first-order valence-electron chi connectivity index (χ1n) is 9.15. The Hall–Kier alpha value is -3.34. The molecule has 0 saturated carbocycles. The summed E-state index contributed by atoms with van der Waals surface area (Å²) >= 11 is 0. The van der Waals surface area contributed by atoms with Crippen LogP contribution in [-0.4, -0.2) is 18.9 Å². The van der Waals surface area contributed by atoms with Crippen molar-refractivity contribution in [3.05, 3.63) is 65.7 Å². The summed E-state index contributed by atoms with van der Waals surface area (Å²) in [6.07, 6.45) is 0. The molecule has 2 N–H and O–H groups in total. The molecule has 0 aromatic heterocycles. The van der Waals surface area contributed by atoms with Crippen LogP contribution in [0.25, 0.3) is 10.8 Å². The van der Waals surface area contributed by atoms with Crippen LogP contribution in [0.1, 0.15) is 30.9 Å². The van der Waals surface area contributed by atoms with Crippen molar-refractivity contribution in [3.8, 4) is 5.75 Å². The van der Waals surface area contributed by atoms with E-state index < -0.39 is 0 Å². The first kappa shape index (κ1) is 19.4. The smallest absolute Gasteiger partial charge is 0.231 e. The third kappa shape index (κ3) is 4.14. The lowest BCUT2D eigenvalue weighted by Crippen LogP contribution is -2.20. The fourth-order valence-corrected chi connectivity index (χ4v) is 3.13. The lowest BCUT2D eigenvalue weighted by molar-refractivity contribution is -0.117. The zero-order valence-corrected chi connectivity index (χ0v) is 16.5. The molecule has 0 saturated heterocycles. The van der Waals surface area contributed by atoms with Crippen LogP contribution in [0.2, 0.25) is 0 Å². The van der Waals surface area contributed by atoms with Crippen LogP contribution in [0, 0.1) is 6.92 Å². The molecular formula is C23H24N2O3. The van der Waals surface area contributed by atoms with Gasteiger partial charge in [0.15, 0.2) is 0 Å². The first-order chi connectivity index (χ1) is 13.4. The van der Waals surface area contributed by atoms with E-state index in [9.17, 15) is 9.59 Å². The van der Waals surface area contributed by atoms with Crippen molar-refractivity contribution in [2.45, 2.75) is 26.7 Å². The molecule has 3 rings (SSSR count). The highest BCUT2D eigenvalue weighted by Gasteiger charge is 2.17. The maximum Gasteiger partial charge on any atom is 0.231 e. The van der Waals surface area contributed by atoms with E-state index in [1.54, 1.807) is 7.11 Å². The molecule has 0 aliphatic rings. The van der Waals surface area contributed by atoms with Gasteiger partial charge < -0.3 is 15.4 Å². The molecule has 2 amide bonds. The molecule has 144 valence electrons. The molecule has 0 aliphatic carbocycles. The van der Waals surface area contributed by atoms with Gasteiger partial charge in [0.25, 0.3) is 0 Å². The number of hydrogen-bond donors (Lipinski definition) is 2. The Morgan fingerprint density at radius 2 is 1.57 bits per heavy atom. The van der Waals surface area contributed by atoms with Crippen molar-refractivity contribution in [3.63, 3.8) is 0 Å². The number of carbonyl (C=O) groups is 2. The summed E-state index contributed by atoms with van der Waals surface area (Å²) in [6, 6.07) is 17.3. The van der Waals surface area contributed by atoms with Gasteiger partial charge >= 0.3 is 0 Å². The van der Waals surface area contributed by atoms with Crippen LogP contribution in [0.15, 0.2) is 54.6 Å². The summed E-state index contributed by atoms with van der Waals surface area (Å²) < 4.78 is 5.26. The number of nitrogens with one attached hydrogen (secondary N) is 2. The lowest BCUT2D eigenvalue weighted by Gasteiger charge is -2.16. The molecule has 3 aromatic rings. The molecule has 0 heterocycles. The minimum absolute atomic E-state index is 0.101. The summed E-state index contributed by atoms with van der Waals surface area (Å²) in [5.41, 5.74) is 3.14. The largest absolute Gasteiger partial charge is 0.497 e. The average Bonchev–Trinajstić information content (AvgIpc) is 2.69. The van der Waals surface area contributed by atoms with Crippen LogP contribution in [0.3, 0.4) is 0 Å². The van der Waals surface area contributed by atoms with Crippen molar-refractivity contribution < 1.29 is 14.3 Å². The number of anilines is 2. The molecule has 0 fully saturated rings. The van der Waals surface area contributed by atoms with Gasteiger partial charge in [-0.1, -0.05) is 30.3 Å². The molecule has 1 unspecified atom stereocenters. The number of methoxy groups -OCH3 is 1. The number of amides is 2. The number of rotatable bonds is 5. The van der Waals surface area contributed by atoms with E-state index in [4.69, 9.17) is 4.74 Å². The minimum Gasteiger partial charge on any atom is -0.497 e. The summed E-state index contributed by atoms with van der Waals surface area (Å²) in [7, 11) is 1.64. The van der Waals surface area contributed by atoms with Gasteiger partial charge in [-0.05, 0) is 60.0 Å². The summed E-state index contributed by atoms with van der Waals surface area (Å²) in [5.74, 6) is 0.236. The van der Waals surface area contributed by atoms with Crippen molar-refractivity contribution >= 4 is 34.0 Å². The lowest BCUT2D eigenvalue weighted by atomic mass is 9.96. The summed E-state index contributed by atoms with van der Waals surface area (Å²) in [6.45, 7) is 5.21. The third-order valence-corrected chi connectivity index (χ3v) is 4.87. The Morgan fingerprint density at radius 3 is 2.25 bits per heavy atom. The van der Waals surface area contributed by atoms with Gasteiger partial charge in [-0.3, -0.25) is 9.59 Å². The second-order valence-electron chi connectivity index (χ2n) is 6.84. The fourth-order valence-electron chi connectivity index (χ4n) is 3.13. The number of carbonyl (C=O) groups excluding carboxylic acids is 2. The molecule has 0 radical (unpaired) electrons. The number of benzene rings is 3. The molecular weight excluding hydrogens is 352 g/mol. The van der Waals surface area contributed by atoms with Gasteiger partial charge in [-0.2, -0.15) is 0 Å². The number of hydrogen-bond acceptors (Lipinski definition) is 3. The average molecular weight is 376 g/mol. The molecule has 0 bridgehead atoms. The Bertz CT molecular complexity index is 1040. The van der Waals surface area contributed by atoms with E-state index in [1.165, 1.54) is 6.92 Å². The third-order valence-electron chi connectivity index (χ3n) is 4.87. The normalized spacial score (nSPS) is 11.7. The highest BCUT2D eigenvalue weighted by Crippen LogP contribution is 2.28.